The molecule has 6 heteroatoms. The van der Waals surface area contributed by atoms with Crippen molar-refractivity contribution in [3.05, 3.63) is 59.7 Å². The van der Waals surface area contributed by atoms with Crippen LogP contribution < -0.4 is 10.2 Å². The summed E-state index contributed by atoms with van der Waals surface area (Å²) in [5.41, 5.74) is 1.46. The summed E-state index contributed by atoms with van der Waals surface area (Å²) in [5, 5.41) is 14.1. The zero-order valence-corrected chi connectivity index (χ0v) is 16.2. The molecule has 0 bridgehead atoms. The van der Waals surface area contributed by atoms with E-state index in [-0.39, 0.29) is 17.6 Å². The summed E-state index contributed by atoms with van der Waals surface area (Å²) in [6, 6.07) is 14.6. The molecular formula is C21H22N2O3S. The molecule has 2 N–H and O–H groups in total. The van der Waals surface area contributed by atoms with Gasteiger partial charge in [0.2, 0.25) is 5.91 Å². The van der Waals surface area contributed by atoms with Crippen molar-refractivity contribution in [1.82, 2.24) is 5.32 Å². The van der Waals surface area contributed by atoms with E-state index in [2.05, 4.69) is 5.32 Å². The van der Waals surface area contributed by atoms with E-state index in [1.165, 1.54) is 18.3 Å². The minimum Gasteiger partial charge on any atom is -0.508 e. The fraction of sp³-hybridized carbons (Fsp3) is 0.238. The quantitative estimate of drug-likeness (QED) is 0.668. The van der Waals surface area contributed by atoms with Crippen molar-refractivity contribution >= 4 is 38.2 Å². The molecule has 27 heavy (non-hydrogen) atoms. The maximum absolute atomic E-state index is 12.9. The molecule has 0 fully saturated rings. The number of benzene rings is 2. The van der Waals surface area contributed by atoms with E-state index in [0.717, 1.165) is 22.1 Å². The van der Waals surface area contributed by atoms with Crippen molar-refractivity contribution in [2.24, 2.45) is 0 Å². The van der Waals surface area contributed by atoms with E-state index >= 15 is 0 Å². The summed E-state index contributed by atoms with van der Waals surface area (Å²) < 4.78 is 0.769. The van der Waals surface area contributed by atoms with Crippen LogP contribution in [0.1, 0.15) is 36.2 Å². The zero-order chi connectivity index (χ0) is 19.4. The summed E-state index contributed by atoms with van der Waals surface area (Å²) in [5.74, 6) is -0.212. The topological polar surface area (TPSA) is 69.6 Å². The highest BCUT2D eigenvalue weighted by atomic mass is 32.1. The Hall–Kier alpha value is -2.86. The van der Waals surface area contributed by atoms with E-state index in [9.17, 15) is 14.7 Å². The first-order valence-corrected chi connectivity index (χ1v) is 9.68. The van der Waals surface area contributed by atoms with Gasteiger partial charge in [0.1, 0.15) is 10.8 Å². The van der Waals surface area contributed by atoms with Crippen LogP contribution in [-0.2, 0) is 11.3 Å². The molecule has 3 rings (SSSR count). The molecule has 0 unspecified atom stereocenters. The third-order valence-corrected chi connectivity index (χ3v) is 5.40. The van der Waals surface area contributed by atoms with Crippen molar-refractivity contribution in [2.75, 3.05) is 11.4 Å². The van der Waals surface area contributed by atoms with Crippen molar-refractivity contribution in [2.45, 2.75) is 26.8 Å². The molecule has 2 aromatic carbocycles. The highest BCUT2D eigenvalue weighted by Crippen LogP contribution is 2.40. The summed E-state index contributed by atoms with van der Waals surface area (Å²) in [6.45, 7) is 4.43. The van der Waals surface area contributed by atoms with Gasteiger partial charge in [-0.2, -0.15) is 0 Å². The second kappa shape index (κ2) is 8.22. The number of hydrogen-bond donors (Lipinski definition) is 2. The van der Waals surface area contributed by atoms with Gasteiger partial charge in [0, 0.05) is 23.6 Å². The van der Waals surface area contributed by atoms with Gasteiger partial charge >= 0.3 is 0 Å². The fourth-order valence-electron chi connectivity index (χ4n) is 2.90. The molecule has 0 aliphatic heterocycles. The zero-order valence-electron chi connectivity index (χ0n) is 15.4. The van der Waals surface area contributed by atoms with Crippen molar-refractivity contribution in [3.8, 4) is 5.75 Å². The summed E-state index contributed by atoms with van der Waals surface area (Å²) in [7, 11) is 0. The van der Waals surface area contributed by atoms with Crippen LogP contribution >= 0.6 is 11.3 Å². The molecule has 0 spiro atoms. The monoisotopic (exact) mass is 382 g/mol. The number of amides is 2. The van der Waals surface area contributed by atoms with Crippen LogP contribution in [0.4, 0.5) is 5.00 Å². The number of aromatic hydroxyl groups is 1. The molecular weight excluding hydrogens is 360 g/mol. The van der Waals surface area contributed by atoms with E-state index in [0.29, 0.717) is 23.7 Å². The predicted molar refractivity (Wildman–Crippen MR) is 109 cm³/mol. The van der Waals surface area contributed by atoms with Crippen molar-refractivity contribution in [3.63, 3.8) is 0 Å². The van der Waals surface area contributed by atoms with Crippen LogP contribution in [0.15, 0.2) is 48.5 Å². The number of carbonyl (C=O) groups is 2. The molecule has 3 aromatic rings. The van der Waals surface area contributed by atoms with Gasteiger partial charge < -0.3 is 10.4 Å². The number of carbonyl (C=O) groups excluding carboxylic acids is 2. The van der Waals surface area contributed by atoms with E-state index < -0.39 is 0 Å². The van der Waals surface area contributed by atoms with Gasteiger partial charge in [-0.15, -0.1) is 11.3 Å². The number of nitrogens with one attached hydrogen (secondary N) is 1. The van der Waals surface area contributed by atoms with Gasteiger partial charge in [0.05, 0.1) is 12.1 Å². The van der Waals surface area contributed by atoms with Gasteiger partial charge in [0.25, 0.3) is 5.91 Å². The highest BCUT2D eigenvalue weighted by Gasteiger charge is 2.25. The first-order chi connectivity index (χ1) is 13.0. The van der Waals surface area contributed by atoms with Crippen LogP contribution in [0, 0.1) is 0 Å². The minimum absolute atomic E-state index is 0.133. The van der Waals surface area contributed by atoms with Crippen LogP contribution in [-0.4, -0.2) is 23.5 Å². The lowest BCUT2D eigenvalue weighted by Crippen LogP contribution is -2.31. The molecule has 1 aromatic heterocycles. The Kier molecular flexibility index (Phi) is 5.76. The smallest absolute Gasteiger partial charge is 0.254 e. The molecule has 0 radical (unpaired) electrons. The Bertz CT molecular complexity index is 966. The minimum atomic E-state index is -0.205. The maximum Gasteiger partial charge on any atom is 0.254 e. The Morgan fingerprint density at radius 3 is 2.56 bits per heavy atom. The molecule has 2 amide bonds. The van der Waals surface area contributed by atoms with E-state index in [1.54, 1.807) is 23.1 Å². The van der Waals surface area contributed by atoms with Crippen molar-refractivity contribution < 1.29 is 14.7 Å². The lowest BCUT2D eigenvalue weighted by molar-refractivity contribution is -0.116. The second-order valence-electron chi connectivity index (χ2n) is 6.31. The van der Waals surface area contributed by atoms with Gasteiger partial charge in [-0.25, -0.2) is 0 Å². The average Bonchev–Trinajstić information content (AvgIpc) is 3.02. The van der Waals surface area contributed by atoms with Crippen LogP contribution in [0.25, 0.3) is 10.1 Å². The number of phenolic OH excluding ortho intramolecular Hbond substituents is 1. The van der Waals surface area contributed by atoms with Crippen molar-refractivity contribution in [1.29, 1.82) is 0 Å². The molecule has 0 atom stereocenters. The van der Waals surface area contributed by atoms with Gasteiger partial charge in [0.15, 0.2) is 0 Å². The number of hydrogen-bond acceptors (Lipinski definition) is 4. The lowest BCUT2D eigenvalue weighted by atomic mass is 10.1. The number of fused-ring (bicyclic) bond motifs is 1. The summed E-state index contributed by atoms with van der Waals surface area (Å²) in [6.07, 6.45) is 0.824. The molecule has 0 saturated carbocycles. The Balaban J connectivity index is 2.11. The standard InChI is InChI=1S/C21H22N2O3S/c1-3-11-22-20(26)19-17-10-9-16(25)12-18(17)27-21(19)23(14(2)24)13-15-7-5-4-6-8-15/h4-10,12,25H,3,11,13H2,1-2H3,(H,22,26). The first-order valence-electron chi connectivity index (χ1n) is 8.87. The van der Waals surface area contributed by atoms with Crippen LogP contribution in [0.5, 0.6) is 5.75 Å². The normalized spacial score (nSPS) is 10.7. The third kappa shape index (κ3) is 4.11. The fourth-order valence-corrected chi connectivity index (χ4v) is 4.18. The first kappa shape index (κ1) is 18.9. The number of nitrogens with zero attached hydrogens (tertiary/aromatic N) is 1. The molecule has 0 aliphatic carbocycles. The predicted octanol–water partition coefficient (Wildman–Crippen LogP) is 4.30. The third-order valence-electron chi connectivity index (χ3n) is 4.23. The molecule has 0 saturated heterocycles. The SMILES string of the molecule is CCCNC(=O)c1c(N(Cc2ccccc2)C(C)=O)sc2cc(O)ccc12. The number of phenols is 1. The molecule has 1 heterocycles. The summed E-state index contributed by atoms with van der Waals surface area (Å²) >= 11 is 1.34. The van der Waals surface area contributed by atoms with E-state index in [1.807, 2.05) is 37.3 Å². The number of rotatable bonds is 6. The van der Waals surface area contributed by atoms with Crippen LogP contribution in [0.3, 0.4) is 0 Å². The largest absolute Gasteiger partial charge is 0.508 e. The number of thiophene rings is 1. The van der Waals surface area contributed by atoms with Gasteiger partial charge in [-0.1, -0.05) is 37.3 Å². The second-order valence-corrected chi connectivity index (χ2v) is 7.34. The Labute approximate surface area is 162 Å². The maximum atomic E-state index is 12.9. The Morgan fingerprint density at radius 1 is 1.15 bits per heavy atom. The number of anilines is 1. The van der Waals surface area contributed by atoms with E-state index in [4.69, 9.17) is 0 Å². The van der Waals surface area contributed by atoms with Crippen LogP contribution in [0.2, 0.25) is 0 Å². The molecule has 140 valence electrons. The van der Waals surface area contributed by atoms with Gasteiger partial charge in [-0.3, -0.25) is 14.5 Å². The van der Waals surface area contributed by atoms with Gasteiger partial charge in [-0.05, 0) is 30.2 Å². The average molecular weight is 382 g/mol. The molecule has 0 aliphatic rings. The Morgan fingerprint density at radius 2 is 1.89 bits per heavy atom. The summed E-state index contributed by atoms with van der Waals surface area (Å²) in [4.78, 5) is 26.9. The lowest BCUT2D eigenvalue weighted by Gasteiger charge is -2.21. The highest BCUT2D eigenvalue weighted by molar-refractivity contribution is 7.23. The molecule has 5 nitrogen and oxygen atoms in total.